The highest BCUT2D eigenvalue weighted by atomic mass is 32.2. The average molecular weight is 316 g/mol. The highest BCUT2D eigenvalue weighted by Gasteiger charge is 2.26. The van der Waals surface area contributed by atoms with Gasteiger partial charge in [0.25, 0.3) is 0 Å². The number of aliphatic hydroxyl groups is 3. The van der Waals surface area contributed by atoms with Gasteiger partial charge in [0.05, 0.1) is 32.5 Å². The first-order valence-corrected chi connectivity index (χ1v) is 7.28. The number of carbonyl (C=O) groups is 1. The predicted octanol–water partition coefficient (Wildman–Crippen LogP) is 0.870. The predicted molar refractivity (Wildman–Crippen MR) is 79.6 cm³/mol. The summed E-state index contributed by atoms with van der Waals surface area (Å²) < 4.78 is 10.4. The van der Waals surface area contributed by atoms with E-state index in [2.05, 4.69) is 0 Å². The second-order valence-electron chi connectivity index (χ2n) is 4.39. The number of carbonyl (C=O) groups excluding carboxylic acids is 1. The van der Waals surface area contributed by atoms with Crippen LogP contribution in [0.15, 0.2) is 12.1 Å². The smallest absolute Gasteiger partial charge is 0.185 e. The summed E-state index contributed by atoms with van der Waals surface area (Å²) >= 11 is 0.926. The summed E-state index contributed by atoms with van der Waals surface area (Å²) in [7, 11) is 2.84. The van der Waals surface area contributed by atoms with E-state index in [-0.39, 0.29) is 23.0 Å². The lowest BCUT2D eigenvalue weighted by Crippen LogP contribution is -2.22. The zero-order chi connectivity index (χ0) is 16.0. The maximum atomic E-state index is 10.9. The lowest BCUT2D eigenvalue weighted by Gasteiger charge is -2.22. The Kier molecular flexibility index (Phi) is 6.97. The summed E-state index contributed by atoms with van der Waals surface area (Å²) in [6.07, 6.45) is -2.42. The molecule has 7 heteroatoms. The van der Waals surface area contributed by atoms with E-state index in [1.165, 1.54) is 21.1 Å². The molecule has 0 aliphatic carbocycles. The van der Waals surface area contributed by atoms with Crippen molar-refractivity contribution in [2.24, 2.45) is 0 Å². The third kappa shape index (κ3) is 4.60. The minimum Gasteiger partial charge on any atom is -0.496 e. The van der Waals surface area contributed by atoms with Gasteiger partial charge in [0.1, 0.15) is 17.6 Å². The Morgan fingerprint density at radius 1 is 1.24 bits per heavy atom. The Morgan fingerprint density at radius 3 is 2.14 bits per heavy atom. The molecule has 0 aliphatic rings. The lowest BCUT2D eigenvalue weighted by atomic mass is 10.0. The van der Waals surface area contributed by atoms with Crippen LogP contribution in [0.2, 0.25) is 0 Å². The Balaban J connectivity index is 3.11. The molecule has 0 fully saturated rings. The van der Waals surface area contributed by atoms with Crippen molar-refractivity contribution >= 4 is 16.9 Å². The van der Waals surface area contributed by atoms with Gasteiger partial charge in [0.15, 0.2) is 5.12 Å². The van der Waals surface area contributed by atoms with Gasteiger partial charge in [-0.15, -0.1) is 0 Å². The minimum absolute atomic E-state index is 0.0601. The van der Waals surface area contributed by atoms with Crippen LogP contribution in [0.1, 0.15) is 24.2 Å². The first kappa shape index (κ1) is 17.8. The van der Waals surface area contributed by atoms with Crippen LogP contribution in [0, 0.1) is 0 Å². The number of ether oxygens (including phenoxy) is 2. The molecule has 3 N–H and O–H groups in total. The van der Waals surface area contributed by atoms with Crippen LogP contribution in [0.4, 0.5) is 0 Å². The van der Waals surface area contributed by atoms with Gasteiger partial charge in [-0.2, -0.15) is 0 Å². The molecule has 0 radical (unpaired) electrons. The van der Waals surface area contributed by atoms with E-state index >= 15 is 0 Å². The van der Waals surface area contributed by atoms with E-state index in [0.717, 1.165) is 11.8 Å². The summed E-state index contributed by atoms with van der Waals surface area (Å²) in [4.78, 5) is 10.9. The van der Waals surface area contributed by atoms with Crippen molar-refractivity contribution in [2.45, 2.75) is 25.7 Å². The molecule has 0 aromatic heterocycles. The number of aliphatic hydroxyl groups excluding tert-OH is 3. The molecule has 0 bridgehead atoms. The van der Waals surface area contributed by atoms with Crippen LogP contribution >= 0.6 is 11.8 Å². The average Bonchev–Trinajstić information content (AvgIpc) is 2.50. The topological polar surface area (TPSA) is 96.2 Å². The molecule has 118 valence electrons. The van der Waals surface area contributed by atoms with Crippen molar-refractivity contribution in [2.75, 3.05) is 20.0 Å². The molecule has 1 rings (SSSR count). The highest BCUT2D eigenvalue weighted by molar-refractivity contribution is 8.13. The number of benzene rings is 1. The molecule has 21 heavy (non-hydrogen) atoms. The number of thioether (sulfide) groups is 1. The maximum absolute atomic E-state index is 10.9. The standard InChI is InChI=1S/C14H20O6S/c1-8(16)21-7-10(17)14(18)13-11(19-2)4-9(6-15)5-12(13)20-3/h4-5,10,14-15,17-18H,6-7H2,1-3H3. The largest absolute Gasteiger partial charge is 0.496 e. The van der Waals surface area contributed by atoms with Crippen molar-refractivity contribution in [3.05, 3.63) is 23.3 Å². The molecular weight excluding hydrogens is 296 g/mol. The molecule has 0 amide bonds. The molecule has 2 unspecified atom stereocenters. The lowest BCUT2D eigenvalue weighted by molar-refractivity contribution is -0.109. The van der Waals surface area contributed by atoms with Gasteiger partial charge in [-0.25, -0.2) is 0 Å². The summed E-state index contributed by atoms with van der Waals surface area (Å²) in [5, 5.41) is 29.4. The number of methoxy groups -OCH3 is 2. The summed E-state index contributed by atoms with van der Waals surface area (Å²) in [5.74, 6) is 0.667. The van der Waals surface area contributed by atoms with Crippen LogP contribution in [0.5, 0.6) is 11.5 Å². The number of rotatable bonds is 7. The van der Waals surface area contributed by atoms with E-state index in [1.807, 2.05) is 0 Å². The van der Waals surface area contributed by atoms with Gasteiger partial charge >= 0.3 is 0 Å². The zero-order valence-corrected chi connectivity index (χ0v) is 13.0. The van der Waals surface area contributed by atoms with Gasteiger partial charge in [-0.3, -0.25) is 4.79 Å². The summed E-state index contributed by atoms with van der Waals surface area (Å²) in [5.41, 5.74) is 0.848. The normalized spacial score (nSPS) is 13.6. The Labute approximate surface area is 127 Å². The van der Waals surface area contributed by atoms with Gasteiger partial charge < -0.3 is 24.8 Å². The molecule has 1 aromatic carbocycles. The van der Waals surface area contributed by atoms with Crippen molar-refractivity contribution in [3.8, 4) is 11.5 Å². The fourth-order valence-electron chi connectivity index (χ4n) is 1.86. The molecule has 2 atom stereocenters. The molecular formula is C14H20O6S. The minimum atomic E-state index is -1.27. The fourth-order valence-corrected chi connectivity index (χ4v) is 2.45. The van der Waals surface area contributed by atoms with Crippen LogP contribution in [-0.4, -0.2) is 46.5 Å². The highest BCUT2D eigenvalue weighted by Crippen LogP contribution is 2.37. The van der Waals surface area contributed by atoms with Gasteiger partial charge in [-0.1, -0.05) is 11.8 Å². The van der Waals surface area contributed by atoms with Crippen molar-refractivity contribution in [1.29, 1.82) is 0 Å². The second-order valence-corrected chi connectivity index (χ2v) is 5.58. The molecule has 0 aliphatic heterocycles. The van der Waals surface area contributed by atoms with Crippen molar-refractivity contribution < 1.29 is 29.6 Å². The second kappa shape index (κ2) is 8.23. The van der Waals surface area contributed by atoms with Crippen LogP contribution in [-0.2, 0) is 11.4 Å². The molecule has 0 spiro atoms. The van der Waals surface area contributed by atoms with Gasteiger partial charge in [0.2, 0.25) is 0 Å². The van der Waals surface area contributed by atoms with Crippen LogP contribution in [0.25, 0.3) is 0 Å². The Morgan fingerprint density at radius 2 is 1.76 bits per heavy atom. The third-order valence-corrected chi connectivity index (χ3v) is 3.82. The van der Waals surface area contributed by atoms with Crippen molar-refractivity contribution in [1.82, 2.24) is 0 Å². The van der Waals surface area contributed by atoms with E-state index in [4.69, 9.17) is 9.47 Å². The molecule has 0 heterocycles. The van der Waals surface area contributed by atoms with Crippen molar-refractivity contribution in [3.63, 3.8) is 0 Å². The van der Waals surface area contributed by atoms with E-state index in [9.17, 15) is 20.1 Å². The summed E-state index contributed by atoms with van der Waals surface area (Å²) in [6.45, 7) is 1.19. The fraction of sp³-hybridized carbons (Fsp3) is 0.500. The van der Waals surface area contributed by atoms with Crippen LogP contribution < -0.4 is 9.47 Å². The molecule has 6 nitrogen and oxygen atoms in total. The maximum Gasteiger partial charge on any atom is 0.185 e. The first-order valence-electron chi connectivity index (χ1n) is 6.29. The summed E-state index contributed by atoms with van der Waals surface area (Å²) in [6, 6.07) is 3.12. The zero-order valence-electron chi connectivity index (χ0n) is 12.2. The molecule has 0 saturated carbocycles. The van der Waals surface area contributed by atoms with E-state index in [0.29, 0.717) is 17.1 Å². The molecule has 1 aromatic rings. The van der Waals surface area contributed by atoms with E-state index in [1.54, 1.807) is 12.1 Å². The third-order valence-electron chi connectivity index (χ3n) is 2.90. The quantitative estimate of drug-likeness (QED) is 0.687. The number of hydrogen-bond acceptors (Lipinski definition) is 7. The Bertz CT molecular complexity index is 465. The Hall–Kier alpha value is -1.28. The van der Waals surface area contributed by atoms with E-state index < -0.39 is 12.2 Å². The number of hydrogen-bond donors (Lipinski definition) is 3. The first-order chi connectivity index (χ1) is 9.94. The van der Waals surface area contributed by atoms with Crippen LogP contribution in [0.3, 0.4) is 0 Å². The van der Waals surface area contributed by atoms with Gasteiger partial charge in [0, 0.05) is 12.7 Å². The monoisotopic (exact) mass is 316 g/mol. The SMILES string of the molecule is COc1cc(CO)cc(OC)c1C(O)C(O)CSC(C)=O. The van der Waals surface area contributed by atoms with Gasteiger partial charge in [-0.05, 0) is 17.7 Å². The molecule has 0 saturated heterocycles.